The summed E-state index contributed by atoms with van der Waals surface area (Å²) in [6, 6.07) is 0. The molecule has 12 heavy (non-hydrogen) atoms. The molecule has 2 aliphatic rings. The van der Waals surface area contributed by atoms with Gasteiger partial charge in [-0.25, -0.2) is 0 Å². The predicted molar refractivity (Wildman–Crippen MR) is 50.7 cm³/mol. The minimum atomic E-state index is 0.530. The van der Waals surface area contributed by atoms with Crippen molar-refractivity contribution in [3.63, 3.8) is 0 Å². The molecule has 1 saturated carbocycles. The van der Waals surface area contributed by atoms with E-state index < -0.39 is 0 Å². The van der Waals surface area contributed by atoms with E-state index in [0.717, 1.165) is 18.4 Å². The number of piperidine rings is 1. The van der Waals surface area contributed by atoms with Crippen molar-refractivity contribution in [2.75, 3.05) is 19.6 Å². The molecule has 1 aliphatic carbocycles. The smallest absolute Gasteiger partial charge is 0.0601 e. The monoisotopic (exact) mass is 163 g/mol. The standard InChI is InChI=1S/C11H17N/c1-9(2)4-3-5-12-7-10-6-11(10)8-12/h9-11H,5-8H2,1-2H3/t10-,11+. The van der Waals surface area contributed by atoms with Crippen LogP contribution in [0.25, 0.3) is 0 Å². The van der Waals surface area contributed by atoms with E-state index in [9.17, 15) is 0 Å². The largest absolute Gasteiger partial charge is 0.292 e. The van der Waals surface area contributed by atoms with E-state index in [4.69, 9.17) is 0 Å². The molecule has 66 valence electrons. The van der Waals surface area contributed by atoms with Gasteiger partial charge in [0, 0.05) is 19.0 Å². The Bertz CT molecular complexity index is 211. The summed E-state index contributed by atoms with van der Waals surface area (Å²) in [7, 11) is 0. The van der Waals surface area contributed by atoms with Crippen molar-refractivity contribution >= 4 is 0 Å². The van der Waals surface area contributed by atoms with Crippen molar-refractivity contribution in [3.8, 4) is 11.8 Å². The molecule has 2 fully saturated rings. The SMILES string of the molecule is CC(C)C#CCN1C[C@H]2C[C@H]2C1. The Morgan fingerprint density at radius 3 is 2.58 bits per heavy atom. The number of nitrogens with zero attached hydrogens (tertiary/aromatic N) is 1. The van der Waals surface area contributed by atoms with Crippen LogP contribution in [0.5, 0.6) is 0 Å². The molecular weight excluding hydrogens is 146 g/mol. The van der Waals surface area contributed by atoms with Gasteiger partial charge in [0.2, 0.25) is 0 Å². The topological polar surface area (TPSA) is 3.24 Å². The molecule has 1 heteroatoms. The van der Waals surface area contributed by atoms with E-state index in [1.54, 1.807) is 0 Å². The van der Waals surface area contributed by atoms with Crippen LogP contribution in [0.15, 0.2) is 0 Å². The van der Waals surface area contributed by atoms with Gasteiger partial charge in [-0.3, -0.25) is 4.90 Å². The lowest BCUT2D eigenvalue weighted by Crippen LogP contribution is -2.22. The molecule has 0 aromatic heterocycles. The fourth-order valence-corrected chi connectivity index (χ4v) is 1.99. The Balaban J connectivity index is 1.71. The molecule has 1 saturated heterocycles. The molecule has 2 rings (SSSR count). The van der Waals surface area contributed by atoms with Crippen molar-refractivity contribution in [2.24, 2.45) is 17.8 Å². The zero-order valence-electron chi connectivity index (χ0n) is 8.01. The van der Waals surface area contributed by atoms with Crippen LogP contribution in [0.3, 0.4) is 0 Å². The summed E-state index contributed by atoms with van der Waals surface area (Å²) in [6.07, 6.45) is 1.49. The molecule has 0 aromatic carbocycles. The Labute approximate surface area is 75.1 Å². The van der Waals surface area contributed by atoms with Crippen LogP contribution in [0, 0.1) is 29.6 Å². The van der Waals surface area contributed by atoms with Gasteiger partial charge in [0.05, 0.1) is 6.54 Å². The van der Waals surface area contributed by atoms with Crippen molar-refractivity contribution < 1.29 is 0 Å². The minimum absolute atomic E-state index is 0.530. The lowest BCUT2D eigenvalue weighted by molar-refractivity contribution is 0.342. The average molecular weight is 163 g/mol. The van der Waals surface area contributed by atoms with Crippen molar-refractivity contribution in [3.05, 3.63) is 0 Å². The maximum Gasteiger partial charge on any atom is 0.0601 e. The summed E-state index contributed by atoms with van der Waals surface area (Å²) in [5, 5.41) is 0. The van der Waals surface area contributed by atoms with Gasteiger partial charge in [0.25, 0.3) is 0 Å². The van der Waals surface area contributed by atoms with E-state index in [2.05, 4.69) is 30.6 Å². The molecular formula is C11H17N. The van der Waals surface area contributed by atoms with Gasteiger partial charge in [-0.05, 0) is 18.3 Å². The van der Waals surface area contributed by atoms with Crippen LogP contribution < -0.4 is 0 Å². The van der Waals surface area contributed by atoms with E-state index in [-0.39, 0.29) is 0 Å². The molecule has 0 aromatic rings. The molecule has 0 spiro atoms. The van der Waals surface area contributed by atoms with Gasteiger partial charge < -0.3 is 0 Å². The second-order valence-electron chi connectivity index (χ2n) is 4.43. The molecule has 1 heterocycles. The van der Waals surface area contributed by atoms with Crippen LogP contribution in [0.1, 0.15) is 20.3 Å². The molecule has 1 aliphatic heterocycles. The normalized spacial score (nSPS) is 32.9. The van der Waals surface area contributed by atoms with Gasteiger partial charge in [-0.15, -0.1) is 0 Å². The quantitative estimate of drug-likeness (QED) is 0.531. The summed E-state index contributed by atoms with van der Waals surface area (Å²) in [5.41, 5.74) is 0. The van der Waals surface area contributed by atoms with Crippen LogP contribution in [-0.4, -0.2) is 24.5 Å². The predicted octanol–water partition coefficient (Wildman–Crippen LogP) is 1.60. The van der Waals surface area contributed by atoms with Crippen molar-refractivity contribution in [1.82, 2.24) is 4.90 Å². The number of rotatable bonds is 1. The number of hydrogen-bond acceptors (Lipinski definition) is 1. The molecule has 0 bridgehead atoms. The molecule has 0 amide bonds. The Kier molecular flexibility index (Phi) is 2.11. The summed E-state index contributed by atoms with van der Waals surface area (Å²) >= 11 is 0. The Morgan fingerprint density at radius 1 is 1.33 bits per heavy atom. The molecule has 0 radical (unpaired) electrons. The summed E-state index contributed by atoms with van der Waals surface area (Å²) in [6.45, 7) is 7.93. The van der Waals surface area contributed by atoms with Gasteiger partial charge in [-0.2, -0.15) is 0 Å². The van der Waals surface area contributed by atoms with Gasteiger partial charge in [0.15, 0.2) is 0 Å². The highest BCUT2D eigenvalue weighted by atomic mass is 15.2. The Hall–Kier alpha value is -0.480. The second-order valence-corrected chi connectivity index (χ2v) is 4.43. The van der Waals surface area contributed by atoms with Crippen molar-refractivity contribution in [1.29, 1.82) is 0 Å². The third-order valence-electron chi connectivity index (χ3n) is 2.75. The summed E-state index contributed by atoms with van der Waals surface area (Å²) in [4.78, 5) is 2.49. The number of hydrogen-bond donors (Lipinski definition) is 0. The van der Waals surface area contributed by atoms with E-state index in [0.29, 0.717) is 5.92 Å². The van der Waals surface area contributed by atoms with E-state index >= 15 is 0 Å². The van der Waals surface area contributed by atoms with E-state index in [1.165, 1.54) is 19.5 Å². The Morgan fingerprint density at radius 2 is 2.00 bits per heavy atom. The molecule has 1 nitrogen and oxygen atoms in total. The molecule has 2 atom stereocenters. The zero-order valence-corrected chi connectivity index (χ0v) is 8.01. The average Bonchev–Trinajstić information content (AvgIpc) is 2.59. The highest BCUT2D eigenvalue weighted by molar-refractivity contribution is 5.06. The lowest BCUT2D eigenvalue weighted by atomic mass is 10.2. The van der Waals surface area contributed by atoms with Gasteiger partial charge >= 0.3 is 0 Å². The van der Waals surface area contributed by atoms with Gasteiger partial charge in [0.1, 0.15) is 0 Å². The fraction of sp³-hybridized carbons (Fsp3) is 0.818. The fourth-order valence-electron chi connectivity index (χ4n) is 1.99. The third kappa shape index (κ3) is 1.81. The molecule has 0 N–H and O–H groups in total. The molecule has 0 unspecified atom stereocenters. The van der Waals surface area contributed by atoms with Crippen LogP contribution in [0.2, 0.25) is 0 Å². The van der Waals surface area contributed by atoms with E-state index in [1.807, 2.05) is 0 Å². The third-order valence-corrected chi connectivity index (χ3v) is 2.75. The maximum atomic E-state index is 3.24. The first-order valence-corrected chi connectivity index (χ1v) is 4.96. The first-order chi connectivity index (χ1) is 5.75. The van der Waals surface area contributed by atoms with Crippen LogP contribution in [-0.2, 0) is 0 Å². The zero-order chi connectivity index (χ0) is 8.55. The maximum absolute atomic E-state index is 3.24. The summed E-state index contributed by atoms with van der Waals surface area (Å²) < 4.78 is 0. The number of fused-ring (bicyclic) bond motifs is 1. The first kappa shape index (κ1) is 8.13. The van der Waals surface area contributed by atoms with Gasteiger partial charge in [-0.1, -0.05) is 25.7 Å². The van der Waals surface area contributed by atoms with Crippen LogP contribution >= 0.6 is 0 Å². The number of likely N-dealkylation sites (tertiary alicyclic amines) is 1. The highest BCUT2D eigenvalue weighted by Crippen LogP contribution is 2.44. The highest BCUT2D eigenvalue weighted by Gasteiger charge is 2.44. The van der Waals surface area contributed by atoms with Crippen LogP contribution in [0.4, 0.5) is 0 Å². The first-order valence-electron chi connectivity index (χ1n) is 4.96. The second kappa shape index (κ2) is 3.11. The summed E-state index contributed by atoms with van der Waals surface area (Å²) in [5.74, 6) is 9.08. The van der Waals surface area contributed by atoms with Crippen molar-refractivity contribution in [2.45, 2.75) is 20.3 Å². The minimum Gasteiger partial charge on any atom is -0.292 e. The lowest BCUT2D eigenvalue weighted by Gasteiger charge is -2.12.